The number of ether oxygens (including phenoxy) is 1. The first-order valence-electron chi connectivity index (χ1n) is 7.97. The molecule has 4 heteroatoms. The zero-order valence-electron chi connectivity index (χ0n) is 12.9. The predicted molar refractivity (Wildman–Crippen MR) is 91.9 cm³/mol. The van der Waals surface area contributed by atoms with E-state index in [1.807, 2.05) is 24.3 Å². The summed E-state index contributed by atoms with van der Waals surface area (Å²) in [5, 5.41) is 0. The van der Waals surface area contributed by atoms with Crippen molar-refractivity contribution < 1.29 is 4.74 Å². The minimum absolute atomic E-state index is 0.428. The Hall–Kier alpha value is -1.13. The van der Waals surface area contributed by atoms with Crippen molar-refractivity contribution in [3.05, 3.63) is 29.8 Å². The first-order chi connectivity index (χ1) is 10.2. The number of hydrogen-bond donors (Lipinski definition) is 1. The number of benzene rings is 1. The second kappa shape index (κ2) is 8.35. The highest BCUT2D eigenvalue weighted by atomic mass is 32.1. The fourth-order valence-corrected chi connectivity index (χ4v) is 2.59. The molecule has 1 aromatic rings. The summed E-state index contributed by atoms with van der Waals surface area (Å²) in [4.78, 5) is 3.06. The number of rotatable bonds is 10. The molecule has 0 unspecified atom stereocenters. The molecule has 0 aliphatic heterocycles. The molecule has 3 nitrogen and oxygen atoms in total. The Morgan fingerprint density at radius 2 is 1.90 bits per heavy atom. The third kappa shape index (κ3) is 5.64. The summed E-state index contributed by atoms with van der Waals surface area (Å²) in [6, 6.07) is 8.54. The van der Waals surface area contributed by atoms with E-state index < -0.39 is 0 Å². The van der Waals surface area contributed by atoms with Crippen LogP contribution < -0.4 is 10.5 Å². The molecule has 0 radical (unpaired) electrons. The average molecular weight is 306 g/mol. The van der Waals surface area contributed by atoms with Gasteiger partial charge < -0.3 is 15.4 Å². The van der Waals surface area contributed by atoms with Crippen molar-refractivity contribution in [3.8, 4) is 5.75 Å². The van der Waals surface area contributed by atoms with Crippen molar-refractivity contribution in [2.24, 2.45) is 5.73 Å². The van der Waals surface area contributed by atoms with Crippen LogP contribution in [-0.4, -0.2) is 35.6 Å². The van der Waals surface area contributed by atoms with Crippen molar-refractivity contribution in [2.45, 2.75) is 45.1 Å². The van der Waals surface area contributed by atoms with Gasteiger partial charge in [-0.1, -0.05) is 25.6 Å². The molecule has 0 heterocycles. The Kier molecular flexibility index (Phi) is 6.46. The fourth-order valence-electron chi connectivity index (χ4n) is 2.45. The van der Waals surface area contributed by atoms with Crippen LogP contribution in [0.1, 0.15) is 44.6 Å². The fraction of sp³-hybridized carbons (Fsp3) is 0.588. The molecule has 2 N–H and O–H groups in total. The molecule has 0 spiro atoms. The molecule has 0 atom stereocenters. The zero-order chi connectivity index (χ0) is 15.1. The van der Waals surface area contributed by atoms with Crippen LogP contribution in [0.4, 0.5) is 0 Å². The largest absolute Gasteiger partial charge is 0.494 e. The van der Waals surface area contributed by atoms with Crippen molar-refractivity contribution in [1.82, 2.24) is 4.90 Å². The monoisotopic (exact) mass is 306 g/mol. The van der Waals surface area contributed by atoms with Crippen LogP contribution in [0.15, 0.2) is 24.3 Å². The normalized spacial score (nSPS) is 14.4. The van der Waals surface area contributed by atoms with E-state index in [0.717, 1.165) is 36.9 Å². The molecule has 2 rings (SSSR count). The molecule has 116 valence electrons. The summed E-state index contributed by atoms with van der Waals surface area (Å²) >= 11 is 4.94. The molecule has 0 amide bonds. The maximum Gasteiger partial charge on any atom is 0.119 e. The van der Waals surface area contributed by atoms with Crippen LogP contribution in [0.2, 0.25) is 0 Å². The second-order valence-electron chi connectivity index (χ2n) is 5.71. The smallest absolute Gasteiger partial charge is 0.119 e. The van der Waals surface area contributed by atoms with Gasteiger partial charge in [0.1, 0.15) is 10.7 Å². The molecular weight excluding hydrogens is 280 g/mol. The average Bonchev–Trinajstić information content (AvgIpc) is 3.31. The molecule has 21 heavy (non-hydrogen) atoms. The number of hydrogen-bond acceptors (Lipinski definition) is 3. The highest BCUT2D eigenvalue weighted by Gasteiger charge is 2.27. The molecule has 1 aliphatic rings. The number of unbranched alkanes of at least 4 members (excludes halogenated alkanes) is 1. The topological polar surface area (TPSA) is 38.5 Å². The minimum atomic E-state index is 0.428. The third-order valence-electron chi connectivity index (χ3n) is 3.86. The predicted octanol–water partition coefficient (Wildman–Crippen LogP) is 3.35. The first kappa shape index (κ1) is 16.2. The van der Waals surface area contributed by atoms with Gasteiger partial charge in [-0.3, -0.25) is 0 Å². The number of thiocarbonyl (C=S) groups is 1. The maximum absolute atomic E-state index is 5.79. The van der Waals surface area contributed by atoms with Crippen LogP contribution in [0.5, 0.6) is 5.75 Å². The molecule has 1 aliphatic carbocycles. The van der Waals surface area contributed by atoms with Gasteiger partial charge in [0.05, 0.1) is 6.61 Å². The highest BCUT2D eigenvalue weighted by Crippen LogP contribution is 2.27. The van der Waals surface area contributed by atoms with E-state index in [1.165, 1.54) is 32.2 Å². The Morgan fingerprint density at radius 3 is 2.48 bits per heavy atom. The van der Waals surface area contributed by atoms with E-state index in [-0.39, 0.29) is 0 Å². The Morgan fingerprint density at radius 1 is 1.24 bits per heavy atom. The van der Waals surface area contributed by atoms with E-state index in [4.69, 9.17) is 22.7 Å². The van der Waals surface area contributed by atoms with Crippen molar-refractivity contribution >= 4 is 17.2 Å². The summed E-state index contributed by atoms with van der Waals surface area (Å²) < 4.78 is 5.79. The van der Waals surface area contributed by atoms with Crippen LogP contribution in [-0.2, 0) is 0 Å². The molecule has 1 aromatic carbocycles. The van der Waals surface area contributed by atoms with Gasteiger partial charge in [-0.25, -0.2) is 0 Å². The van der Waals surface area contributed by atoms with E-state index in [9.17, 15) is 0 Å². The van der Waals surface area contributed by atoms with Gasteiger partial charge in [-0.2, -0.15) is 0 Å². The summed E-state index contributed by atoms with van der Waals surface area (Å²) in [5.74, 6) is 0.890. The van der Waals surface area contributed by atoms with Crippen LogP contribution in [0, 0.1) is 0 Å². The van der Waals surface area contributed by atoms with E-state index >= 15 is 0 Å². The number of nitrogens with zero attached hydrogens (tertiary/aromatic N) is 1. The molecule has 0 bridgehead atoms. The lowest BCUT2D eigenvalue weighted by atomic mass is 10.2. The quantitative estimate of drug-likeness (QED) is 0.531. The highest BCUT2D eigenvalue weighted by molar-refractivity contribution is 7.80. The van der Waals surface area contributed by atoms with Crippen molar-refractivity contribution in [2.75, 3.05) is 19.7 Å². The van der Waals surface area contributed by atoms with Gasteiger partial charge in [0, 0.05) is 18.2 Å². The lowest BCUT2D eigenvalue weighted by Gasteiger charge is -2.21. The summed E-state index contributed by atoms with van der Waals surface area (Å²) in [7, 11) is 0. The summed E-state index contributed by atoms with van der Waals surface area (Å²) in [6.45, 7) is 5.41. The van der Waals surface area contributed by atoms with E-state index in [1.54, 1.807) is 0 Å². The third-order valence-corrected chi connectivity index (χ3v) is 4.10. The van der Waals surface area contributed by atoms with Crippen LogP contribution >= 0.6 is 12.2 Å². The van der Waals surface area contributed by atoms with Gasteiger partial charge >= 0.3 is 0 Å². The standard InChI is InChI=1S/C17H26N2OS/c1-2-3-11-19(15-7-8-15)12-4-13-20-16-9-5-14(6-10-16)17(18)21/h5-6,9-10,15H,2-4,7-8,11-13H2,1H3,(H2,18,21). The maximum atomic E-state index is 5.79. The molecular formula is C17H26N2OS. The van der Waals surface area contributed by atoms with Crippen molar-refractivity contribution in [1.29, 1.82) is 0 Å². The summed E-state index contributed by atoms with van der Waals surface area (Å²) in [5.41, 5.74) is 6.46. The molecule has 0 saturated heterocycles. The Bertz CT molecular complexity index is 443. The van der Waals surface area contributed by atoms with Crippen molar-refractivity contribution in [3.63, 3.8) is 0 Å². The Balaban J connectivity index is 1.67. The van der Waals surface area contributed by atoms with E-state index in [2.05, 4.69) is 11.8 Å². The zero-order valence-corrected chi connectivity index (χ0v) is 13.7. The molecule has 1 saturated carbocycles. The van der Waals surface area contributed by atoms with Crippen LogP contribution in [0.3, 0.4) is 0 Å². The lowest BCUT2D eigenvalue weighted by Crippen LogP contribution is -2.29. The number of nitrogens with two attached hydrogens (primary N) is 1. The van der Waals surface area contributed by atoms with Gasteiger partial charge in [-0.05, 0) is 56.5 Å². The molecule has 1 fully saturated rings. The van der Waals surface area contributed by atoms with E-state index in [0.29, 0.717) is 4.99 Å². The van der Waals surface area contributed by atoms with Crippen LogP contribution in [0.25, 0.3) is 0 Å². The SMILES string of the molecule is CCCCN(CCCOc1ccc(C(N)=S)cc1)C1CC1. The Labute approximate surface area is 133 Å². The van der Waals surface area contributed by atoms with Gasteiger partial charge in [0.25, 0.3) is 0 Å². The summed E-state index contributed by atoms with van der Waals surface area (Å²) in [6.07, 6.45) is 6.42. The van der Waals surface area contributed by atoms with Gasteiger partial charge in [-0.15, -0.1) is 0 Å². The molecule has 0 aromatic heterocycles. The second-order valence-corrected chi connectivity index (χ2v) is 6.15. The lowest BCUT2D eigenvalue weighted by molar-refractivity contribution is 0.224. The van der Waals surface area contributed by atoms with Gasteiger partial charge in [0.15, 0.2) is 0 Å². The van der Waals surface area contributed by atoms with Gasteiger partial charge in [0.2, 0.25) is 0 Å². The minimum Gasteiger partial charge on any atom is -0.494 e. The first-order valence-corrected chi connectivity index (χ1v) is 8.38.